The maximum Gasteiger partial charge on any atom is 0.335 e. The van der Waals surface area contributed by atoms with Crippen molar-refractivity contribution in [2.75, 3.05) is 5.32 Å². The number of rotatable bonds is 5. The molecule has 0 atom stereocenters. The number of carboxylic acid groups (broad SMARTS) is 1. The van der Waals surface area contributed by atoms with Crippen LogP contribution >= 0.6 is 0 Å². The molecule has 5 nitrogen and oxygen atoms in total. The van der Waals surface area contributed by atoms with Crippen molar-refractivity contribution in [1.82, 2.24) is 4.57 Å². The molecule has 2 N–H and O–H groups in total. The lowest BCUT2D eigenvalue weighted by molar-refractivity contribution is -0.116. The van der Waals surface area contributed by atoms with Gasteiger partial charge in [0.25, 0.3) is 0 Å². The Bertz CT molecular complexity index is 912. The molecule has 0 aliphatic carbocycles. The number of benzene rings is 2. The normalized spacial score (nSPS) is 10.7. The van der Waals surface area contributed by atoms with Crippen LogP contribution in [0.1, 0.15) is 22.3 Å². The number of fused-ring (bicyclic) bond motifs is 1. The van der Waals surface area contributed by atoms with Gasteiger partial charge in [-0.2, -0.15) is 0 Å². The molecule has 0 unspecified atom stereocenters. The zero-order valence-electron chi connectivity index (χ0n) is 13.3. The number of nitrogens with one attached hydrogen (secondary N) is 1. The molecule has 2 aromatic carbocycles. The molecule has 5 heteroatoms. The molecule has 3 aromatic rings. The van der Waals surface area contributed by atoms with E-state index in [2.05, 4.69) is 5.32 Å². The first kappa shape index (κ1) is 15.8. The van der Waals surface area contributed by atoms with E-state index in [9.17, 15) is 9.59 Å². The lowest BCUT2D eigenvalue weighted by Crippen LogP contribution is -2.15. The summed E-state index contributed by atoms with van der Waals surface area (Å²) in [5.74, 6) is -1.15. The lowest BCUT2D eigenvalue weighted by atomic mass is 10.1. The van der Waals surface area contributed by atoms with Gasteiger partial charge in [-0.1, -0.05) is 24.3 Å². The highest BCUT2D eigenvalue weighted by atomic mass is 16.4. The second kappa shape index (κ2) is 6.58. The van der Waals surface area contributed by atoms with Gasteiger partial charge < -0.3 is 15.0 Å². The number of hydrogen-bond donors (Lipinski definition) is 2. The standard InChI is InChI=1S/C19H18N2O3/c1-13-6-7-15(19(23)24)12-16(13)20-18(22)9-11-21-10-8-14-4-2-3-5-17(14)21/h2-8,10,12H,9,11H2,1H3,(H,20,22)(H,23,24). The zero-order chi connectivity index (χ0) is 17.1. The van der Waals surface area contributed by atoms with Gasteiger partial charge in [-0.15, -0.1) is 0 Å². The van der Waals surface area contributed by atoms with Gasteiger partial charge in [0.15, 0.2) is 0 Å². The van der Waals surface area contributed by atoms with Gasteiger partial charge in [-0.25, -0.2) is 4.79 Å². The van der Waals surface area contributed by atoms with Gasteiger partial charge >= 0.3 is 5.97 Å². The second-order valence-electron chi connectivity index (χ2n) is 5.70. The summed E-state index contributed by atoms with van der Waals surface area (Å²) in [6.45, 7) is 2.40. The Morgan fingerprint density at radius 1 is 1.12 bits per heavy atom. The molecule has 3 rings (SSSR count). The van der Waals surface area contributed by atoms with Gasteiger partial charge in [0.05, 0.1) is 5.56 Å². The lowest BCUT2D eigenvalue weighted by Gasteiger charge is -2.10. The highest BCUT2D eigenvalue weighted by Crippen LogP contribution is 2.18. The molecule has 0 fully saturated rings. The molecular weight excluding hydrogens is 304 g/mol. The second-order valence-corrected chi connectivity index (χ2v) is 5.70. The number of aromatic nitrogens is 1. The number of carboxylic acids is 1. The Labute approximate surface area is 139 Å². The Morgan fingerprint density at radius 2 is 1.92 bits per heavy atom. The van der Waals surface area contributed by atoms with E-state index in [1.165, 1.54) is 12.1 Å². The average Bonchev–Trinajstić information content (AvgIpc) is 2.98. The van der Waals surface area contributed by atoms with Crippen LogP contribution in [0.15, 0.2) is 54.7 Å². The molecule has 0 radical (unpaired) electrons. The molecule has 1 aromatic heterocycles. The third kappa shape index (κ3) is 3.30. The fraction of sp³-hybridized carbons (Fsp3) is 0.158. The molecule has 0 spiro atoms. The summed E-state index contributed by atoms with van der Waals surface area (Å²) in [6, 6.07) is 14.7. The summed E-state index contributed by atoms with van der Waals surface area (Å²) in [5, 5.41) is 13.0. The molecule has 0 bridgehead atoms. The van der Waals surface area contributed by atoms with Crippen LogP contribution in [0.5, 0.6) is 0 Å². The van der Waals surface area contributed by atoms with Gasteiger partial charge in [0.2, 0.25) is 5.91 Å². The maximum atomic E-state index is 12.2. The third-order valence-corrected chi connectivity index (χ3v) is 4.02. The Hall–Kier alpha value is -3.08. The first-order valence-corrected chi connectivity index (χ1v) is 7.72. The van der Waals surface area contributed by atoms with Crippen LogP contribution in [0.3, 0.4) is 0 Å². The molecule has 24 heavy (non-hydrogen) atoms. The smallest absolute Gasteiger partial charge is 0.335 e. The number of carbonyl (C=O) groups is 2. The van der Waals surface area contributed by atoms with E-state index in [4.69, 9.17) is 5.11 Å². The van der Waals surface area contributed by atoms with Crippen LogP contribution in [0.2, 0.25) is 0 Å². The average molecular weight is 322 g/mol. The Kier molecular flexibility index (Phi) is 4.33. The van der Waals surface area contributed by atoms with E-state index in [0.29, 0.717) is 18.7 Å². The van der Waals surface area contributed by atoms with Gasteiger partial charge in [-0.3, -0.25) is 4.79 Å². The molecule has 0 aliphatic heterocycles. The highest BCUT2D eigenvalue weighted by molar-refractivity contribution is 5.94. The first-order valence-electron chi connectivity index (χ1n) is 7.72. The van der Waals surface area contributed by atoms with Crippen molar-refractivity contribution in [3.63, 3.8) is 0 Å². The fourth-order valence-corrected chi connectivity index (χ4v) is 2.66. The van der Waals surface area contributed by atoms with Crippen LogP contribution in [-0.2, 0) is 11.3 Å². The van der Waals surface area contributed by atoms with Crippen molar-refractivity contribution in [1.29, 1.82) is 0 Å². The molecule has 0 saturated heterocycles. The maximum absolute atomic E-state index is 12.2. The van der Waals surface area contributed by atoms with Crippen LogP contribution in [-0.4, -0.2) is 21.6 Å². The van der Waals surface area contributed by atoms with Crippen LogP contribution in [0, 0.1) is 6.92 Å². The van der Waals surface area contributed by atoms with Gasteiger partial charge in [0.1, 0.15) is 0 Å². The SMILES string of the molecule is Cc1ccc(C(=O)O)cc1NC(=O)CCn1ccc2ccccc21. The predicted octanol–water partition coefficient (Wildman–Crippen LogP) is 3.68. The van der Waals surface area contributed by atoms with E-state index in [0.717, 1.165) is 16.5 Å². The molecule has 1 heterocycles. The van der Waals surface area contributed by atoms with Gasteiger partial charge in [0, 0.05) is 30.4 Å². The predicted molar refractivity (Wildman–Crippen MR) is 93.3 cm³/mol. The molecule has 0 aliphatic rings. The topological polar surface area (TPSA) is 71.3 Å². The zero-order valence-corrected chi connectivity index (χ0v) is 13.3. The monoisotopic (exact) mass is 322 g/mol. The van der Waals surface area contributed by atoms with Crippen LogP contribution < -0.4 is 5.32 Å². The quantitative estimate of drug-likeness (QED) is 0.753. The van der Waals surface area contributed by atoms with Crippen molar-refractivity contribution in [3.05, 3.63) is 65.9 Å². The molecular formula is C19H18N2O3. The minimum Gasteiger partial charge on any atom is -0.478 e. The highest BCUT2D eigenvalue weighted by Gasteiger charge is 2.10. The summed E-state index contributed by atoms with van der Waals surface area (Å²) in [7, 11) is 0. The summed E-state index contributed by atoms with van der Waals surface area (Å²) in [4.78, 5) is 23.2. The van der Waals surface area contributed by atoms with E-state index < -0.39 is 5.97 Å². The molecule has 122 valence electrons. The van der Waals surface area contributed by atoms with Crippen molar-refractivity contribution in [2.24, 2.45) is 0 Å². The minimum atomic E-state index is -1.01. The minimum absolute atomic E-state index is 0.140. The first-order chi connectivity index (χ1) is 11.5. The number of carbonyl (C=O) groups excluding carboxylic acids is 1. The number of hydrogen-bond acceptors (Lipinski definition) is 2. The van der Waals surface area contributed by atoms with E-state index in [-0.39, 0.29) is 11.5 Å². The van der Waals surface area contributed by atoms with E-state index in [1.807, 2.05) is 48.0 Å². The van der Waals surface area contributed by atoms with Gasteiger partial charge in [-0.05, 0) is 42.1 Å². The molecule has 0 saturated carbocycles. The largest absolute Gasteiger partial charge is 0.478 e. The summed E-state index contributed by atoms with van der Waals surface area (Å²) < 4.78 is 2.04. The fourth-order valence-electron chi connectivity index (χ4n) is 2.66. The number of nitrogens with zero attached hydrogens (tertiary/aromatic N) is 1. The number of amides is 1. The number of anilines is 1. The van der Waals surface area contributed by atoms with E-state index >= 15 is 0 Å². The van der Waals surface area contributed by atoms with Crippen molar-refractivity contribution in [2.45, 2.75) is 19.9 Å². The number of para-hydroxylation sites is 1. The Morgan fingerprint density at radius 3 is 2.71 bits per heavy atom. The Balaban J connectivity index is 1.68. The van der Waals surface area contributed by atoms with Crippen LogP contribution in [0.4, 0.5) is 5.69 Å². The van der Waals surface area contributed by atoms with Crippen molar-refractivity contribution in [3.8, 4) is 0 Å². The number of aromatic carboxylic acids is 1. The van der Waals surface area contributed by atoms with Crippen LogP contribution in [0.25, 0.3) is 10.9 Å². The summed E-state index contributed by atoms with van der Waals surface area (Å²) in [6.07, 6.45) is 2.28. The summed E-state index contributed by atoms with van der Waals surface area (Å²) >= 11 is 0. The third-order valence-electron chi connectivity index (χ3n) is 4.02. The van der Waals surface area contributed by atoms with E-state index in [1.54, 1.807) is 6.07 Å². The molecule has 1 amide bonds. The summed E-state index contributed by atoms with van der Waals surface area (Å²) in [5.41, 5.74) is 2.62. The number of aryl methyl sites for hydroxylation is 2. The van der Waals surface area contributed by atoms with Crippen molar-refractivity contribution >= 4 is 28.5 Å². The van der Waals surface area contributed by atoms with Crippen molar-refractivity contribution < 1.29 is 14.7 Å².